The van der Waals surface area contributed by atoms with Crippen LogP contribution in [0.3, 0.4) is 0 Å². The minimum Gasteiger partial charge on any atom is -0.294 e. The van der Waals surface area contributed by atoms with Crippen LogP contribution in [0.5, 0.6) is 0 Å². The first kappa shape index (κ1) is 10.8. The highest BCUT2D eigenvalue weighted by Gasteiger charge is 2.07. The summed E-state index contributed by atoms with van der Waals surface area (Å²) in [6.45, 7) is 0. The number of ketones is 1. The first-order valence-electron chi connectivity index (χ1n) is 4.79. The fraction of sp³-hybridized carbons (Fsp3) is 0.0833. The molecule has 3 nitrogen and oxygen atoms in total. The zero-order valence-corrected chi connectivity index (χ0v) is 9.19. The van der Waals surface area contributed by atoms with Crippen molar-refractivity contribution >= 4 is 17.4 Å². The van der Waals surface area contributed by atoms with Crippen molar-refractivity contribution in [1.82, 2.24) is 9.97 Å². The molecular weight excluding hydrogens is 224 g/mol. The van der Waals surface area contributed by atoms with Crippen LogP contribution < -0.4 is 0 Å². The van der Waals surface area contributed by atoms with E-state index in [4.69, 9.17) is 11.6 Å². The number of halogens is 1. The zero-order valence-electron chi connectivity index (χ0n) is 8.43. The maximum atomic E-state index is 11.8. The summed E-state index contributed by atoms with van der Waals surface area (Å²) < 4.78 is 0. The van der Waals surface area contributed by atoms with Gasteiger partial charge in [-0.2, -0.15) is 0 Å². The average molecular weight is 233 g/mol. The first-order valence-corrected chi connectivity index (χ1v) is 5.17. The molecule has 0 atom stereocenters. The monoisotopic (exact) mass is 232 g/mol. The van der Waals surface area contributed by atoms with Gasteiger partial charge in [-0.25, -0.2) is 9.97 Å². The van der Waals surface area contributed by atoms with Crippen LogP contribution in [0.25, 0.3) is 0 Å². The lowest BCUT2D eigenvalue weighted by Crippen LogP contribution is -2.04. The molecule has 0 saturated heterocycles. The van der Waals surface area contributed by atoms with Crippen LogP contribution in [0.1, 0.15) is 16.1 Å². The Morgan fingerprint density at radius 1 is 1.19 bits per heavy atom. The smallest absolute Gasteiger partial charge is 0.168 e. The molecule has 2 aromatic rings. The number of aromatic nitrogens is 2. The van der Waals surface area contributed by atoms with Gasteiger partial charge in [-0.15, -0.1) is 0 Å². The Bertz CT molecular complexity index is 482. The molecule has 0 saturated carbocycles. The molecule has 80 valence electrons. The van der Waals surface area contributed by atoms with Gasteiger partial charge in [0.15, 0.2) is 5.78 Å². The number of hydrogen-bond acceptors (Lipinski definition) is 3. The Morgan fingerprint density at radius 3 is 2.56 bits per heavy atom. The van der Waals surface area contributed by atoms with Gasteiger partial charge in [-0.3, -0.25) is 4.79 Å². The summed E-state index contributed by atoms with van der Waals surface area (Å²) in [6.07, 6.45) is 3.34. The highest BCUT2D eigenvalue weighted by molar-refractivity contribution is 6.30. The van der Waals surface area contributed by atoms with Gasteiger partial charge in [-0.1, -0.05) is 11.6 Å². The summed E-state index contributed by atoms with van der Waals surface area (Å²) in [4.78, 5) is 19.6. The van der Waals surface area contributed by atoms with Gasteiger partial charge in [0.05, 0.1) is 12.1 Å². The van der Waals surface area contributed by atoms with E-state index < -0.39 is 0 Å². The van der Waals surface area contributed by atoms with Crippen molar-refractivity contribution in [3.63, 3.8) is 0 Å². The summed E-state index contributed by atoms with van der Waals surface area (Å²) >= 11 is 5.74. The zero-order chi connectivity index (χ0) is 11.4. The largest absolute Gasteiger partial charge is 0.294 e. The lowest BCUT2D eigenvalue weighted by Gasteiger charge is -2.00. The van der Waals surface area contributed by atoms with Crippen molar-refractivity contribution < 1.29 is 4.79 Å². The van der Waals surface area contributed by atoms with Crippen LogP contribution >= 0.6 is 11.6 Å². The van der Waals surface area contributed by atoms with E-state index in [-0.39, 0.29) is 12.2 Å². The quantitative estimate of drug-likeness (QED) is 0.764. The van der Waals surface area contributed by atoms with E-state index in [1.807, 2.05) is 0 Å². The second-order valence-electron chi connectivity index (χ2n) is 3.31. The standard InChI is InChI=1S/C12H9ClN2O/c13-10-3-1-9(2-4-10)12(16)7-11-5-6-14-8-15-11/h1-6,8H,7H2. The molecule has 4 heteroatoms. The topological polar surface area (TPSA) is 42.9 Å². The number of carbonyl (C=O) groups excluding carboxylic acids is 1. The van der Waals surface area contributed by atoms with Crippen molar-refractivity contribution in [2.45, 2.75) is 6.42 Å². The van der Waals surface area contributed by atoms with Gasteiger partial charge >= 0.3 is 0 Å². The number of hydrogen-bond donors (Lipinski definition) is 0. The van der Waals surface area contributed by atoms with Crippen LogP contribution in [0.15, 0.2) is 42.9 Å². The van der Waals surface area contributed by atoms with Crippen molar-refractivity contribution in [2.75, 3.05) is 0 Å². The normalized spacial score (nSPS) is 10.1. The van der Waals surface area contributed by atoms with Crippen LogP contribution in [0.2, 0.25) is 5.02 Å². The SMILES string of the molecule is O=C(Cc1ccncn1)c1ccc(Cl)cc1. The fourth-order valence-electron chi connectivity index (χ4n) is 1.32. The van der Waals surface area contributed by atoms with Gasteiger partial charge in [0, 0.05) is 16.8 Å². The molecule has 0 spiro atoms. The third-order valence-electron chi connectivity index (χ3n) is 2.15. The van der Waals surface area contributed by atoms with Crippen LogP contribution in [0.4, 0.5) is 0 Å². The van der Waals surface area contributed by atoms with Crippen molar-refractivity contribution in [2.24, 2.45) is 0 Å². The second kappa shape index (κ2) is 4.86. The molecule has 0 bridgehead atoms. The molecule has 0 unspecified atom stereocenters. The Labute approximate surface area is 98.1 Å². The number of carbonyl (C=O) groups is 1. The average Bonchev–Trinajstić information content (AvgIpc) is 2.31. The predicted molar refractivity (Wildman–Crippen MR) is 61.5 cm³/mol. The third kappa shape index (κ3) is 2.64. The van der Waals surface area contributed by atoms with Crippen LogP contribution in [-0.4, -0.2) is 15.8 Å². The number of rotatable bonds is 3. The summed E-state index contributed by atoms with van der Waals surface area (Å²) in [5.41, 5.74) is 1.36. The Hall–Kier alpha value is -1.74. The van der Waals surface area contributed by atoms with Crippen LogP contribution in [0, 0.1) is 0 Å². The van der Waals surface area contributed by atoms with Crippen molar-refractivity contribution in [3.05, 3.63) is 59.1 Å². The minimum absolute atomic E-state index is 0.0235. The maximum absolute atomic E-state index is 11.8. The molecule has 0 aliphatic rings. The lowest BCUT2D eigenvalue weighted by atomic mass is 10.1. The summed E-state index contributed by atoms with van der Waals surface area (Å²) in [7, 11) is 0. The Morgan fingerprint density at radius 2 is 1.94 bits per heavy atom. The highest BCUT2D eigenvalue weighted by atomic mass is 35.5. The molecule has 2 rings (SSSR count). The predicted octanol–water partition coefficient (Wildman–Crippen LogP) is 2.56. The second-order valence-corrected chi connectivity index (χ2v) is 3.74. The molecule has 16 heavy (non-hydrogen) atoms. The van der Waals surface area contributed by atoms with E-state index in [0.29, 0.717) is 10.6 Å². The van der Waals surface area contributed by atoms with E-state index >= 15 is 0 Å². The number of Topliss-reactive ketones (excluding diaryl/α,β-unsaturated/α-hetero) is 1. The molecule has 0 fully saturated rings. The molecular formula is C12H9ClN2O. The van der Waals surface area contributed by atoms with E-state index in [1.54, 1.807) is 36.5 Å². The van der Waals surface area contributed by atoms with Crippen molar-refractivity contribution in [3.8, 4) is 0 Å². The fourth-order valence-corrected chi connectivity index (χ4v) is 1.45. The molecule has 1 aromatic carbocycles. The van der Waals surface area contributed by atoms with Crippen molar-refractivity contribution in [1.29, 1.82) is 0 Å². The van der Waals surface area contributed by atoms with Gasteiger partial charge in [0.25, 0.3) is 0 Å². The molecule has 0 radical (unpaired) electrons. The molecule has 1 aromatic heterocycles. The number of benzene rings is 1. The van der Waals surface area contributed by atoms with Gasteiger partial charge in [0.1, 0.15) is 6.33 Å². The summed E-state index contributed by atoms with van der Waals surface area (Å²) in [5, 5.41) is 0.624. The highest BCUT2D eigenvalue weighted by Crippen LogP contribution is 2.11. The Balaban J connectivity index is 2.12. The van der Waals surface area contributed by atoms with E-state index in [1.165, 1.54) is 6.33 Å². The Kier molecular flexibility index (Phi) is 3.27. The van der Waals surface area contributed by atoms with Gasteiger partial charge in [-0.05, 0) is 30.3 Å². The van der Waals surface area contributed by atoms with Crippen LogP contribution in [-0.2, 0) is 6.42 Å². The molecule has 1 heterocycles. The third-order valence-corrected chi connectivity index (χ3v) is 2.40. The molecule has 0 aliphatic heterocycles. The van der Waals surface area contributed by atoms with Gasteiger partial charge < -0.3 is 0 Å². The molecule has 0 aliphatic carbocycles. The van der Waals surface area contributed by atoms with E-state index in [0.717, 1.165) is 5.69 Å². The number of nitrogens with zero attached hydrogens (tertiary/aromatic N) is 2. The molecule has 0 amide bonds. The minimum atomic E-state index is 0.0235. The van der Waals surface area contributed by atoms with Gasteiger partial charge in [0.2, 0.25) is 0 Å². The summed E-state index contributed by atoms with van der Waals surface area (Å²) in [6, 6.07) is 8.56. The van der Waals surface area contributed by atoms with E-state index in [2.05, 4.69) is 9.97 Å². The molecule has 0 N–H and O–H groups in total. The maximum Gasteiger partial charge on any atom is 0.168 e. The lowest BCUT2D eigenvalue weighted by molar-refractivity contribution is 0.0992. The van der Waals surface area contributed by atoms with E-state index in [9.17, 15) is 4.79 Å². The first-order chi connectivity index (χ1) is 7.75. The summed E-state index contributed by atoms with van der Waals surface area (Å²) in [5.74, 6) is 0.0235.